The largest absolute Gasteiger partial charge is 0.469 e. The maximum absolute atomic E-state index is 12.2. The monoisotopic (exact) mass is 564 g/mol. The Labute approximate surface area is 232 Å². The minimum atomic E-state index is -4.73. The molecule has 0 aromatic heterocycles. The Kier molecular flexibility index (Phi) is 25.6. The van der Waals surface area contributed by atoms with E-state index in [-0.39, 0.29) is 19.4 Å². The van der Waals surface area contributed by atoms with Gasteiger partial charge in [-0.3, -0.25) is 14.1 Å². The second-order valence-electron chi connectivity index (χ2n) is 10.4. The average molecular weight is 565 g/mol. The Morgan fingerprint density at radius 1 is 0.579 bits per heavy atom. The molecule has 0 amide bonds. The third kappa shape index (κ3) is 28.1. The van der Waals surface area contributed by atoms with E-state index >= 15 is 0 Å². The molecule has 8 nitrogen and oxygen atoms in total. The lowest BCUT2D eigenvalue weighted by Gasteiger charge is -2.18. The summed E-state index contributed by atoms with van der Waals surface area (Å²) < 4.78 is 26.0. The molecular formula is C29H57O8P. The molecule has 0 unspecified atom stereocenters. The van der Waals surface area contributed by atoms with E-state index in [0.29, 0.717) is 6.42 Å². The molecule has 0 radical (unpaired) electrons. The van der Waals surface area contributed by atoms with Crippen LogP contribution in [0.3, 0.4) is 0 Å². The van der Waals surface area contributed by atoms with Crippen LogP contribution in [0, 0.1) is 0 Å². The van der Waals surface area contributed by atoms with Gasteiger partial charge >= 0.3 is 19.8 Å². The quantitative estimate of drug-likeness (QED) is 0.0555. The van der Waals surface area contributed by atoms with E-state index in [9.17, 15) is 14.2 Å². The number of ether oxygens (including phenoxy) is 2. The predicted molar refractivity (Wildman–Crippen MR) is 152 cm³/mol. The van der Waals surface area contributed by atoms with Crippen molar-refractivity contribution < 1.29 is 37.9 Å². The molecule has 0 fully saturated rings. The van der Waals surface area contributed by atoms with Crippen molar-refractivity contribution in [3.05, 3.63) is 0 Å². The van der Waals surface area contributed by atoms with Gasteiger partial charge in [0, 0.05) is 12.8 Å². The van der Waals surface area contributed by atoms with Gasteiger partial charge in [0.15, 0.2) is 6.10 Å². The highest BCUT2D eigenvalue weighted by molar-refractivity contribution is 7.46. The first kappa shape index (κ1) is 37.0. The Bertz CT molecular complexity index is 607. The molecule has 0 aliphatic rings. The van der Waals surface area contributed by atoms with Crippen LogP contribution < -0.4 is 0 Å². The van der Waals surface area contributed by atoms with Crippen molar-refractivity contribution in [2.24, 2.45) is 0 Å². The van der Waals surface area contributed by atoms with Gasteiger partial charge in [-0.2, -0.15) is 0 Å². The fourth-order valence-corrected chi connectivity index (χ4v) is 4.67. The number of phosphoric acid groups is 1. The van der Waals surface area contributed by atoms with Gasteiger partial charge in [-0.1, -0.05) is 129 Å². The average Bonchev–Trinajstić information content (AvgIpc) is 2.87. The van der Waals surface area contributed by atoms with Gasteiger partial charge in [0.05, 0.1) is 6.61 Å². The van der Waals surface area contributed by atoms with E-state index in [2.05, 4.69) is 18.4 Å². The second-order valence-corrected chi connectivity index (χ2v) is 11.7. The fraction of sp³-hybridized carbons (Fsp3) is 0.931. The molecule has 0 saturated heterocycles. The van der Waals surface area contributed by atoms with Crippen LogP contribution in [0.1, 0.15) is 155 Å². The van der Waals surface area contributed by atoms with Gasteiger partial charge in [-0.25, -0.2) is 4.57 Å². The smallest absolute Gasteiger partial charge is 0.462 e. The first-order valence-corrected chi connectivity index (χ1v) is 16.9. The summed E-state index contributed by atoms with van der Waals surface area (Å²) in [5, 5.41) is 0. The van der Waals surface area contributed by atoms with Gasteiger partial charge < -0.3 is 19.3 Å². The fourth-order valence-electron chi connectivity index (χ4n) is 4.31. The van der Waals surface area contributed by atoms with Crippen LogP contribution in [-0.2, 0) is 28.2 Å². The highest BCUT2D eigenvalue weighted by Crippen LogP contribution is 2.35. The summed E-state index contributed by atoms with van der Waals surface area (Å²) in [6.45, 7) is 3.60. The van der Waals surface area contributed by atoms with Gasteiger partial charge in [0.1, 0.15) is 6.61 Å². The van der Waals surface area contributed by atoms with E-state index < -0.39 is 32.5 Å². The molecule has 0 aliphatic carbocycles. The zero-order chi connectivity index (χ0) is 28.3. The first-order valence-electron chi connectivity index (χ1n) is 15.3. The van der Waals surface area contributed by atoms with Crippen molar-refractivity contribution in [3.8, 4) is 0 Å². The van der Waals surface area contributed by atoms with Crippen LogP contribution >= 0.6 is 7.82 Å². The summed E-state index contributed by atoms with van der Waals surface area (Å²) >= 11 is 0. The summed E-state index contributed by atoms with van der Waals surface area (Å²) in [5.41, 5.74) is 0. The molecule has 0 aromatic rings. The highest BCUT2D eigenvalue weighted by atomic mass is 31.2. The van der Waals surface area contributed by atoms with E-state index in [0.717, 1.165) is 32.1 Å². The molecule has 0 saturated carbocycles. The Morgan fingerprint density at radius 3 is 1.34 bits per heavy atom. The number of carbonyl (C=O) groups is 2. The molecule has 0 rings (SSSR count). The molecule has 0 spiro atoms. The molecule has 2 N–H and O–H groups in total. The first-order chi connectivity index (χ1) is 18.3. The number of rotatable bonds is 28. The van der Waals surface area contributed by atoms with Crippen molar-refractivity contribution in [1.29, 1.82) is 0 Å². The van der Waals surface area contributed by atoms with Crippen molar-refractivity contribution in [2.75, 3.05) is 13.2 Å². The van der Waals surface area contributed by atoms with Crippen molar-refractivity contribution in [3.63, 3.8) is 0 Å². The molecule has 0 aliphatic heterocycles. The van der Waals surface area contributed by atoms with Crippen LogP contribution in [0.2, 0.25) is 0 Å². The van der Waals surface area contributed by atoms with Crippen molar-refractivity contribution in [1.82, 2.24) is 0 Å². The zero-order valence-corrected chi connectivity index (χ0v) is 25.2. The maximum Gasteiger partial charge on any atom is 0.469 e. The lowest BCUT2D eigenvalue weighted by atomic mass is 10.0. The van der Waals surface area contributed by atoms with Crippen LogP contribution in [0.15, 0.2) is 0 Å². The molecule has 1 atom stereocenters. The van der Waals surface area contributed by atoms with Crippen molar-refractivity contribution >= 4 is 19.8 Å². The second kappa shape index (κ2) is 26.3. The summed E-state index contributed by atoms with van der Waals surface area (Å²) in [6.07, 6.45) is 22.7. The standard InChI is InChI=1S/C29H57O8P/c1-3-5-7-9-11-12-13-14-15-16-18-20-22-24-29(31)37-27(26-36-38(32,33)34)25-35-28(30)23-21-19-17-10-8-6-4-2/h27H,3-26H2,1-2H3,(H2,32,33,34)/t27-/m1/s1. The van der Waals surface area contributed by atoms with Crippen molar-refractivity contribution in [2.45, 2.75) is 161 Å². The molecule has 0 bridgehead atoms. The van der Waals surface area contributed by atoms with Crippen LogP contribution in [-0.4, -0.2) is 41.0 Å². The zero-order valence-electron chi connectivity index (χ0n) is 24.3. The third-order valence-corrected chi connectivity index (χ3v) is 7.11. The molecule has 0 heterocycles. The Hall–Kier alpha value is -0.950. The molecule has 9 heteroatoms. The SMILES string of the molecule is CCCCCCCCCCCCCCCC(=O)O[C@H](COC(=O)CCCCCCCCC)COP(=O)(O)O. The van der Waals surface area contributed by atoms with Gasteiger partial charge in [-0.05, 0) is 12.8 Å². The summed E-state index contributed by atoms with van der Waals surface area (Å²) in [7, 11) is -4.73. The van der Waals surface area contributed by atoms with E-state index in [1.165, 1.54) is 89.9 Å². The number of hydrogen-bond donors (Lipinski definition) is 2. The summed E-state index contributed by atoms with van der Waals surface area (Å²) in [5.74, 6) is -0.886. The number of esters is 2. The topological polar surface area (TPSA) is 119 Å². The number of phosphoric ester groups is 1. The van der Waals surface area contributed by atoms with Crippen LogP contribution in [0.4, 0.5) is 0 Å². The van der Waals surface area contributed by atoms with Gasteiger partial charge in [-0.15, -0.1) is 0 Å². The third-order valence-electron chi connectivity index (χ3n) is 6.63. The molecule has 0 aromatic carbocycles. The minimum absolute atomic E-state index is 0.218. The minimum Gasteiger partial charge on any atom is -0.462 e. The Morgan fingerprint density at radius 2 is 0.947 bits per heavy atom. The van der Waals surface area contributed by atoms with Crippen LogP contribution in [0.25, 0.3) is 0 Å². The van der Waals surface area contributed by atoms with Crippen LogP contribution in [0.5, 0.6) is 0 Å². The Balaban J connectivity index is 4.00. The number of hydrogen-bond acceptors (Lipinski definition) is 6. The molecular weight excluding hydrogens is 507 g/mol. The lowest BCUT2D eigenvalue weighted by molar-refractivity contribution is -0.161. The maximum atomic E-state index is 12.2. The summed E-state index contributed by atoms with van der Waals surface area (Å²) in [6, 6.07) is 0. The number of unbranched alkanes of at least 4 members (excludes halogenated alkanes) is 18. The molecule has 38 heavy (non-hydrogen) atoms. The highest BCUT2D eigenvalue weighted by Gasteiger charge is 2.22. The van der Waals surface area contributed by atoms with Gasteiger partial charge in [0.2, 0.25) is 0 Å². The van der Waals surface area contributed by atoms with E-state index in [4.69, 9.17) is 19.3 Å². The van der Waals surface area contributed by atoms with Gasteiger partial charge in [0.25, 0.3) is 0 Å². The van der Waals surface area contributed by atoms with E-state index in [1.54, 1.807) is 0 Å². The summed E-state index contributed by atoms with van der Waals surface area (Å²) in [4.78, 5) is 42.2. The normalized spacial score (nSPS) is 12.4. The van der Waals surface area contributed by atoms with E-state index in [1.807, 2.05) is 0 Å². The lowest BCUT2D eigenvalue weighted by Crippen LogP contribution is -2.29. The molecule has 226 valence electrons. The number of carbonyl (C=O) groups excluding carboxylic acids is 2. The predicted octanol–water partition coefficient (Wildman–Crippen LogP) is 8.17.